The number of phenols is 1. The Balaban J connectivity index is 1.71. The van der Waals surface area contributed by atoms with Crippen LogP contribution >= 0.6 is 11.8 Å². The molecule has 1 aliphatic heterocycles. The van der Waals surface area contributed by atoms with Gasteiger partial charge in [0, 0.05) is 0 Å². The molecular weight excluding hydrogens is 300 g/mol. The van der Waals surface area contributed by atoms with Gasteiger partial charge >= 0.3 is 0 Å². The summed E-state index contributed by atoms with van der Waals surface area (Å²) in [5, 5.41) is 12.4. The number of amidine groups is 1. The first kappa shape index (κ1) is 14.2. The molecule has 22 heavy (non-hydrogen) atoms. The van der Waals surface area contributed by atoms with Crippen LogP contribution in [-0.2, 0) is 4.79 Å². The van der Waals surface area contributed by atoms with E-state index in [0.29, 0.717) is 15.8 Å². The molecule has 5 nitrogen and oxygen atoms in total. The van der Waals surface area contributed by atoms with Crippen LogP contribution in [0.15, 0.2) is 69.1 Å². The maximum absolute atomic E-state index is 11.8. The van der Waals surface area contributed by atoms with Crippen molar-refractivity contribution in [3.63, 3.8) is 0 Å². The minimum absolute atomic E-state index is 0.177. The van der Waals surface area contributed by atoms with Crippen molar-refractivity contribution >= 4 is 34.6 Å². The molecule has 1 amide bonds. The summed E-state index contributed by atoms with van der Waals surface area (Å²) in [6.45, 7) is 0. The highest BCUT2D eigenvalue weighted by Gasteiger charge is 2.22. The minimum atomic E-state index is -0.188. The minimum Gasteiger partial charge on any atom is -0.508 e. The third kappa shape index (κ3) is 3.48. The first-order valence-electron chi connectivity index (χ1n) is 6.49. The lowest BCUT2D eigenvalue weighted by Crippen LogP contribution is -2.19. The standard InChI is InChI=1S/C16H12N2O3S/c19-12-8-6-11(7-9-12)17-16-18-15(20)14(22-16)5-1-3-13-4-2-10-21-13/h1-10,19H,(H,17,18,20)/b3-1+,14-5-. The van der Waals surface area contributed by atoms with E-state index in [9.17, 15) is 9.90 Å². The van der Waals surface area contributed by atoms with Gasteiger partial charge in [-0.3, -0.25) is 4.79 Å². The van der Waals surface area contributed by atoms with Crippen LogP contribution in [0.25, 0.3) is 6.08 Å². The number of hydrogen-bond donors (Lipinski definition) is 2. The monoisotopic (exact) mass is 312 g/mol. The molecule has 1 aliphatic rings. The van der Waals surface area contributed by atoms with Gasteiger partial charge in [0.05, 0.1) is 16.9 Å². The van der Waals surface area contributed by atoms with Gasteiger partial charge in [0.15, 0.2) is 5.17 Å². The lowest BCUT2D eigenvalue weighted by atomic mass is 10.3. The highest BCUT2D eigenvalue weighted by atomic mass is 32.2. The molecule has 0 spiro atoms. The summed E-state index contributed by atoms with van der Waals surface area (Å²) in [5.74, 6) is 0.709. The van der Waals surface area contributed by atoms with E-state index in [-0.39, 0.29) is 11.7 Å². The van der Waals surface area contributed by atoms with Crippen molar-refractivity contribution in [1.82, 2.24) is 5.32 Å². The number of nitrogens with one attached hydrogen (secondary N) is 1. The Kier molecular flexibility index (Phi) is 4.11. The van der Waals surface area contributed by atoms with E-state index in [1.807, 2.05) is 6.07 Å². The number of benzene rings is 1. The van der Waals surface area contributed by atoms with Crippen LogP contribution in [0.1, 0.15) is 5.76 Å². The van der Waals surface area contributed by atoms with E-state index in [2.05, 4.69) is 10.3 Å². The van der Waals surface area contributed by atoms with Crippen LogP contribution in [0, 0.1) is 0 Å². The lowest BCUT2D eigenvalue weighted by molar-refractivity contribution is -0.115. The normalized spacial score (nSPS) is 18.5. The maximum atomic E-state index is 11.8. The number of hydrogen-bond acceptors (Lipinski definition) is 5. The predicted molar refractivity (Wildman–Crippen MR) is 86.8 cm³/mol. The van der Waals surface area contributed by atoms with Crippen LogP contribution in [-0.4, -0.2) is 16.2 Å². The molecule has 0 bridgehead atoms. The Morgan fingerprint density at radius 2 is 2.05 bits per heavy atom. The smallest absolute Gasteiger partial charge is 0.264 e. The fraction of sp³-hybridized carbons (Fsp3) is 0. The van der Waals surface area contributed by atoms with Crippen LogP contribution < -0.4 is 5.32 Å². The summed E-state index contributed by atoms with van der Waals surface area (Å²) in [7, 11) is 0. The van der Waals surface area contributed by atoms with Crippen molar-refractivity contribution in [2.45, 2.75) is 0 Å². The van der Waals surface area contributed by atoms with E-state index in [1.54, 1.807) is 54.8 Å². The Bertz CT molecular complexity index is 759. The molecule has 1 fully saturated rings. The van der Waals surface area contributed by atoms with Gasteiger partial charge in [-0.2, -0.15) is 0 Å². The Morgan fingerprint density at radius 3 is 2.77 bits per heavy atom. The predicted octanol–water partition coefficient (Wildman–Crippen LogP) is 3.43. The Labute approximate surface area is 131 Å². The number of aromatic hydroxyl groups is 1. The van der Waals surface area contributed by atoms with Crippen LogP contribution in [0.3, 0.4) is 0 Å². The molecule has 0 atom stereocenters. The molecule has 0 aliphatic carbocycles. The summed E-state index contributed by atoms with van der Waals surface area (Å²) in [6.07, 6.45) is 6.83. The SMILES string of the molecule is O=C1NC(=Nc2ccc(O)cc2)S/C1=C\C=C\c1ccco1. The number of thioether (sulfide) groups is 1. The van der Waals surface area contributed by atoms with Gasteiger partial charge in [-0.25, -0.2) is 4.99 Å². The number of rotatable bonds is 3. The third-order valence-electron chi connectivity index (χ3n) is 2.78. The van der Waals surface area contributed by atoms with Gasteiger partial charge in [-0.1, -0.05) is 6.08 Å². The highest BCUT2D eigenvalue weighted by molar-refractivity contribution is 8.18. The molecule has 0 unspecified atom stereocenters. The van der Waals surface area contributed by atoms with Crippen LogP contribution in [0.4, 0.5) is 5.69 Å². The number of allylic oxidation sites excluding steroid dienone is 2. The average Bonchev–Trinajstić information content (AvgIpc) is 3.12. The van der Waals surface area contributed by atoms with Crippen molar-refractivity contribution in [3.8, 4) is 5.75 Å². The molecule has 0 saturated carbocycles. The summed E-state index contributed by atoms with van der Waals surface area (Å²) >= 11 is 1.26. The van der Waals surface area contributed by atoms with Crippen molar-refractivity contribution < 1.29 is 14.3 Å². The molecule has 1 aromatic carbocycles. The number of phenolic OH excluding ortho intramolecular Hbond substituents is 1. The van der Waals surface area contributed by atoms with E-state index >= 15 is 0 Å². The topological polar surface area (TPSA) is 74.8 Å². The fourth-order valence-corrected chi connectivity index (χ4v) is 2.55. The van der Waals surface area contributed by atoms with Gasteiger partial charge in [0.25, 0.3) is 5.91 Å². The Hall–Kier alpha value is -2.73. The summed E-state index contributed by atoms with van der Waals surface area (Å²) in [4.78, 5) is 16.7. The number of aliphatic imine (C=N–C) groups is 1. The van der Waals surface area contributed by atoms with Crippen molar-refractivity contribution in [2.75, 3.05) is 0 Å². The van der Waals surface area contributed by atoms with E-state index in [1.165, 1.54) is 11.8 Å². The average molecular weight is 312 g/mol. The third-order valence-corrected chi connectivity index (χ3v) is 3.71. The zero-order valence-electron chi connectivity index (χ0n) is 11.4. The van der Waals surface area contributed by atoms with Gasteiger partial charge in [0.2, 0.25) is 0 Å². The van der Waals surface area contributed by atoms with E-state index in [0.717, 1.165) is 5.76 Å². The number of carbonyl (C=O) groups is 1. The lowest BCUT2D eigenvalue weighted by Gasteiger charge is -1.96. The zero-order chi connectivity index (χ0) is 15.4. The second-order valence-corrected chi connectivity index (χ2v) is 5.43. The van der Waals surface area contributed by atoms with E-state index in [4.69, 9.17) is 4.42 Å². The molecule has 110 valence electrons. The largest absolute Gasteiger partial charge is 0.508 e. The fourth-order valence-electron chi connectivity index (χ4n) is 1.76. The van der Waals surface area contributed by atoms with Gasteiger partial charge < -0.3 is 14.8 Å². The molecule has 1 saturated heterocycles. The highest BCUT2D eigenvalue weighted by Crippen LogP contribution is 2.26. The molecule has 0 radical (unpaired) electrons. The number of furan rings is 1. The first-order valence-corrected chi connectivity index (χ1v) is 7.31. The molecule has 2 heterocycles. The molecular formula is C16H12N2O3S. The van der Waals surface area contributed by atoms with Crippen LogP contribution in [0.2, 0.25) is 0 Å². The summed E-state index contributed by atoms with van der Waals surface area (Å²) in [5.41, 5.74) is 0.660. The second kappa shape index (κ2) is 6.36. The Morgan fingerprint density at radius 1 is 1.23 bits per heavy atom. The number of carbonyl (C=O) groups excluding carboxylic acids is 1. The van der Waals surface area contributed by atoms with Gasteiger partial charge in [-0.15, -0.1) is 0 Å². The zero-order valence-corrected chi connectivity index (χ0v) is 12.2. The van der Waals surface area contributed by atoms with Crippen LogP contribution in [0.5, 0.6) is 5.75 Å². The summed E-state index contributed by atoms with van der Waals surface area (Å²) < 4.78 is 5.17. The maximum Gasteiger partial charge on any atom is 0.264 e. The van der Waals surface area contributed by atoms with Gasteiger partial charge in [0.1, 0.15) is 11.5 Å². The van der Waals surface area contributed by atoms with Gasteiger partial charge in [-0.05, 0) is 60.3 Å². The number of amides is 1. The second-order valence-electron chi connectivity index (χ2n) is 4.39. The molecule has 6 heteroatoms. The van der Waals surface area contributed by atoms with Crippen molar-refractivity contribution in [1.29, 1.82) is 0 Å². The molecule has 2 aromatic rings. The van der Waals surface area contributed by atoms with Crippen molar-refractivity contribution in [2.24, 2.45) is 4.99 Å². The summed E-state index contributed by atoms with van der Waals surface area (Å²) in [6, 6.07) is 10.1. The molecule has 2 N–H and O–H groups in total. The molecule has 3 rings (SSSR count). The van der Waals surface area contributed by atoms with Crippen molar-refractivity contribution in [3.05, 3.63) is 65.5 Å². The van der Waals surface area contributed by atoms with E-state index < -0.39 is 0 Å². The quantitative estimate of drug-likeness (QED) is 0.851. The first-order chi connectivity index (χ1) is 10.7. The number of nitrogens with zero attached hydrogens (tertiary/aromatic N) is 1. The molecule has 1 aromatic heterocycles.